The molecule has 1 N–H and O–H groups in total. The summed E-state index contributed by atoms with van der Waals surface area (Å²) >= 11 is 0. The van der Waals surface area contributed by atoms with Gasteiger partial charge in [-0.15, -0.1) is 0 Å². The number of anilines is 1. The van der Waals surface area contributed by atoms with Crippen molar-refractivity contribution < 1.29 is 4.52 Å². The van der Waals surface area contributed by atoms with Crippen molar-refractivity contribution >= 4 is 24.8 Å². The lowest BCUT2D eigenvalue weighted by molar-refractivity contribution is 0.460. The van der Waals surface area contributed by atoms with Gasteiger partial charge in [-0.05, 0) is 18.6 Å². The second-order valence-corrected chi connectivity index (χ2v) is 2.73. The lowest BCUT2D eigenvalue weighted by Gasteiger charge is -1.95. The Bertz CT molecular complexity index is 410. The highest BCUT2D eigenvalue weighted by molar-refractivity contribution is 6.18. The minimum atomic E-state index is 0.808. The van der Waals surface area contributed by atoms with Gasteiger partial charge >= 0.3 is 0 Å². The zero-order valence-electron chi connectivity index (χ0n) is 7.09. The molecule has 1 aromatic carbocycles. The van der Waals surface area contributed by atoms with Crippen molar-refractivity contribution in [1.82, 2.24) is 5.16 Å². The van der Waals surface area contributed by atoms with E-state index in [1.807, 2.05) is 33.1 Å². The molecule has 0 spiro atoms. The Labute approximate surface area is 71.2 Å². The minimum Gasteiger partial charge on any atom is -0.416 e. The molecule has 4 heteroatoms. The fourth-order valence-electron chi connectivity index (χ4n) is 1.33. The fraction of sp³-hybridized carbons (Fsp3) is 0.125. The molecule has 0 atom stereocenters. The second kappa shape index (κ2) is 2.55. The monoisotopic (exact) mass is 160 g/mol. The lowest BCUT2D eigenvalue weighted by Crippen LogP contribution is -1.90. The summed E-state index contributed by atoms with van der Waals surface area (Å²) in [6, 6.07) is 5.92. The number of aromatic nitrogens is 1. The van der Waals surface area contributed by atoms with Crippen LogP contribution in [0, 0.1) is 6.92 Å². The molecule has 1 aromatic heterocycles. The molecular weight excluding hydrogens is 151 g/mol. The van der Waals surface area contributed by atoms with Crippen molar-refractivity contribution in [1.29, 1.82) is 0 Å². The lowest BCUT2D eigenvalue weighted by atomic mass is 10.1. The topological polar surface area (TPSA) is 38.1 Å². The van der Waals surface area contributed by atoms with E-state index in [0.29, 0.717) is 0 Å². The molecule has 3 nitrogen and oxygen atoms in total. The van der Waals surface area contributed by atoms with Gasteiger partial charge in [-0.3, -0.25) is 0 Å². The molecule has 0 bridgehead atoms. The average molecular weight is 160 g/mol. The van der Waals surface area contributed by atoms with Crippen molar-refractivity contribution in [3.8, 4) is 0 Å². The van der Waals surface area contributed by atoms with Gasteiger partial charge in [0.05, 0.1) is 5.39 Å². The molecule has 0 saturated heterocycles. The van der Waals surface area contributed by atoms with Crippen LogP contribution in [0.3, 0.4) is 0 Å². The van der Waals surface area contributed by atoms with Crippen LogP contribution in [0.15, 0.2) is 22.7 Å². The first-order valence-electron chi connectivity index (χ1n) is 3.85. The molecule has 12 heavy (non-hydrogen) atoms. The summed E-state index contributed by atoms with van der Waals surface area (Å²) in [5, 5.41) is 7.94. The summed E-state index contributed by atoms with van der Waals surface area (Å²) in [4.78, 5) is 0. The molecule has 0 aliphatic carbocycles. The minimum absolute atomic E-state index is 0.808. The molecule has 0 saturated carbocycles. The van der Waals surface area contributed by atoms with Crippen molar-refractivity contribution in [2.75, 3.05) is 5.23 Å². The van der Waals surface area contributed by atoms with E-state index in [2.05, 4.69) is 10.4 Å². The van der Waals surface area contributed by atoms with Crippen LogP contribution in [-0.2, 0) is 0 Å². The Kier molecular flexibility index (Phi) is 1.53. The maximum absolute atomic E-state index is 5.11. The Morgan fingerprint density at radius 2 is 2.33 bits per heavy atom. The van der Waals surface area contributed by atoms with Crippen LogP contribution in [-0.4, -0.2) is 13.1 Å². The SMILES string of the molecule is BNc1noc2cccc(C)c12. The van der Waals surface area contributed by atoms with Gasteiger partial charge in [0.15, 0.2) is 11.4 Å². The molecule has 0 radical (unpaired) electrons. The van der Waals surface area contributed by atoms with Crippen LogP contribution in [0.5, 0.6) is 0 Å². The van der Waals surface area contributed by atoms with Gasteiger partial charge in [-0.1, -0.05) is 17.3 Å². The predicted molar refractivity (Wildman–Crippen MR) is 50.9 cm³/mol. The first-order valence-corrected chi connectivity index (χ1v) is 3.85. The van der Waals surface area contributed by atoms with E-state index in [0.717, 1.165) is 16.8 Å². The zero-order chi connectivity index (χ0) is 8.55. The molecule has 2 aromatic rings. The van der Waals surface area contributed by atoms with Gasteiger partial charge in [0.1, 0.15) is 0 Å². The largest absolute Gasteiger partial charge is 0.416 e. The third-order valence-electron chi connectivity index (χ3n) is 1.94. The van der Waals surface area contributed by atoms with E-state index in [4.69, 9.17) is 4.52 Å². The maximum atomic E-state index is 5.11. The van der Waals surface area contributed by atoms with Gasteiger partial charge in [0, 0.05) is 0 Å². The number of hydrogen-bond donors (Lipinski definition) is 1. The van der Waals surface area contributed by atoms with Crippen LogP contribution in [0.4, 0.5) is 5.82 Å². The number of benzene rings is 1. The highest BCUT2D eigenvalue weighted by atomic mass is 16.5. The van der Waals surface area contributed by atoms with E-state index in [1.165, 1.54) is 5.56 Å². The van der Waals surface area contributed by atoms with Crippen molar-refractivity contribution in [3.63, 3.8) is 0 Å². The number of nitrogens with one attached hydrogen (secondary N) is 1. The molecule has 1 heterocycles. The molecule has 0 aliphatic heterocycles. The quantitative estimate of drug-likeness (QED) is 0.634. The van der Waals surface area contributed by atoms with Crippen molar-refractivity contribution in [2.45, 2.75) is 6.92 Å². The Hall–Kier alpha value is -1.45. The van der Waals surface area contributed by atoms with E-state index in [9.17, 15) is 0 Å². The van der Waals surface area contributed by atoms with Crippen LogP contribution in [0.1, 0.15) is 5.56 Å². The standard InChI is InChI=1S/C8H9BN2O/c1-5-3-2-4-6-7(5)8(10-9)11-12-6/h2-4H,9H2,1H3,(H,10,11). The Morgan fingerprint density at radius 1 is 1.50 bits per heavy atom. The zero-order valence-corrected chi connectivity index (χ0v) is 7.09. The average Bonchev–Trinajstić information content (AvgIpc) is 2.49. The first kappa shape index (κ1) is 7.22. The van der Waals surface area contributed by atoms with Gasteiger partial charge < -0.3 is 9.75 Å². The highest BCUT2D eigenvalue weighted by Gasteiger charge is 2.06. The smallest absolute Gasteiger partial charge is 0.216 e. The summed E-state index contributed by atoms with van der Waals surface area (Å²) in [5.41, 5.74) is 2.01. The van der Waals surface area contributed by atoms with E-state index >= 15 is 0 Å². The summed E-state index contributed by atoms with van der Waals surface area (Å²) in [5.74, 6) is 0.808. The van der Waals surface area contributed by atoms with Gasteiger partial charge in [-0.25, -0.2) is 0 Å². The fourth-order valence-corrected chi connectivity index (χ4v) is 1.33. The Morgan fingerprint density at radius 3 is 3.08 bits per heavy atom. The van der Waals surface area contributed by atoms with Gasteiger partial charge in [-0.2, -0.15) is 0 Å². The third kappa shape index (κ3) is 0.880. The first-order chi connectivity index (χ1) is 5.83. The van der Waals surface area contributed by atoms with E-state index < -0.39 is 0 Å². The van der Waals surface area contributed by atoms with Crippen LogP contribution in [0.2, 0.25) is 0 Å². The Balaban J connectivity index is 2.83. The highest BCUT2D eigenvalue weighted by Crippen LogP contribution is 2.24. The van der Waals surface area contributed by atoms with Crippen LogP contribution >= 0.6 is 0 Å². The summed E-state index contributed by atoms with van der Waals surface area (Å²) in [7, 11) is 1.84. The number of hydrogen-bond acceptors (Lipinski definition) is 3. The maximum Gasteiger partial charge on any atom is 0.216 e. The molecule has 60 valence electrons. The number of aryl methyl sites for hydroxylation is 1. The molecule has 0 unspecified atom stereocenters. The number of nitrogens with zero attached hydrogens (tertiary/aromatic N) is 1. The summed E-state index contributed by atoms with van der Waals surface area (Å²) in [6.45, 7) is 2.04. The molecule has 2 rings (SSSR count). The van der Waals surface area contributed by atoms with Crippen LogP contribution in [0.25, 0.3) is 11.0 Å². The third-order valence-corrected chi connectivity index (χ3v) is 1.94. The molecule has 0 fully saturated rings. The summed E-state index contributed by atoms with van der Waals surface area (Å²) < 4.78 is 5.11. The van der Waals surface area contributed by atoms with E-state index in [-0.39, 0.29) is 0 Å². The molecule has 0 aliphatic rings. The van der Waals surface area contributed by atoms with Gasteiger partial charge in [0.25, 0.3) is 0 Å². The van der Waals surface area contributed by atoms with Crippen molar-refractivity contribution in [3.05, 3.63) is 23.8 Å². The molecular formula is C8H9BN2O. The van der Waals surface area contributed by atoms with Crippen molar-refractivity contribution in [2.24, 2.45) is 0 Å². The van der Waals surface area contributed by atoms with Gasteiger partial charge in [0.2, 0.25) is 7.98 Å². The second-order valence-electron chi connectivity index (χ2n) is 2.73. The van der Waals surface area contributed by atoms with Crippen LogP contribution < -0.4 is 5.23 Å². The number of fused-ring (bicyclic) bond motifs is 1. The normalized spacial score (nSPS) is 10.4. The molecule has 0 amide bonds. The number of rotatable bonds is 1. The summed E-state index contributed by atoms with van der Waals surface area (Å²) in [6.07, 6.45) is 0. The van der Waals surface area contributed by atoms with E-state index in [1.54, 1.807) is 0 Å². The predicted octanol–water partition coefficient (Wildman–Crippen LogP) is 1.10.